The molecule has 1 aromatic heterocycles. The van der Waals surface area contributed by atoms with Crippen molar-refractivity contribution >= 4 is 35.8 Å². The Balaban J connectivity index is 0.00000243. The number of hydrogen-bond acceptors (Lipinski definition) is 5. The van der Waals surface area contributed by atoms with E-state index in [0.29, 0.717) is 13.1 Å². The third kappa shape index (κ3) is 5.83. The van der Waals surface area contributed by atoms with Crippen molar-refractivity contribution in [3.8, 4) is 0 Å². The van der Waals surface area contributed by atoms with Crippen LogP contribution in [0.4, 0.5) is 0 Å². The minimum atomic E-state index is 0. The van der Waals surface area contributed by atoms with Gasteiger partial charge in [-0.1, -0.05) is 5.16 Å². The van der Waals surface area contributed by atoms with E-state index >= 15 is 0 Å². The second-order valence-electron chi connectivity index (χ2n) is 6.60. The zero-order valence-electron chi connectivity index (χ0n) is 15.4. The number of hydrogen-bond donors (Lipinski definition) is 1. The fourth-order valence-electron chi connectivity index (χ4n) is 3.38. The number of aromatic nitrogens is 1. The normalized spacial score (nSPS) is 19.2. The summed E-state index contributed by atoms with van der Waals surface area (Å²) < 4.78 is 4.84. The maximum atomic E-state index is 12.4. The van der Waals surface area contributed by atoms with E-state index in [1.165, 1.54) is 6.42 Å². The number of nitrogens with zero attached hydrogens (tertiary/aromatic N) is 5. The molecule has 3 rings (SSSR count). The van der Waals surface area contributed by atoms with E-state index in [-0.39, 0.29) is 29.9 Å². The van der Waals surface area contributed by atoms with Gasteiger partial charge >= 0.3 is 0 Å². The summed E-state index contributed by atoms with van der Waals surface area (Å²) in [6.07, 6.45) is 5.11. The van der Waals surface area contributed by atoms with E-state index in [0.717, 1.165) is 63.8 Å². The first kappa shape index (κ1) is 20.9. The lowest BCUT2D eigenvalue weighted by molar-refractivity contribution is -0.133. The summed E-state index contributed by atoms with van der Waals surface area (Å²) >= 11 is 0. The number of likely N-dealkylation sites (tertiary alicyclic amines) is 1. The molecule has 1 aromatic rings. The van der Waals surface area contributed by atoms with Crippen molar-refractivity contribution in [2.45, 2.75) is 25.8 Å². The van der Waals surface area contributed by atoms with Crippen molar-refractivity contribution in [1.29, 1.82) is 0 Å². The molecule has 3 heterocycles. The third-order valence-corrected chi connectivity index (χ3v) is 4.87. The summed E-state index contributed by atoms with van der Waals surface area (Å²) in [6.45, 7) is 6.48. The number of amides is 1. The minimum Gasteiger partial charge on any atom is -0.364 e. The average molecular weight is 476 g/mol. The van der Waals surface area contributed by atoms with Crippen molar-refractivity contribution in [3.63, 3.8) is 0 Å². The zero-order chi connectivity index (χ0) is 17.5. The number of aliphatic imine (C=N–C) groups is 1. The molecule has 2 aliphatic heterocycles. The van der Waals surface area contributed by atoms with Crippen LogP contribution in [-0.2, 0) is 11.3 Å². The van der Waals surface area contributed by atoms with Gasteiger partial charge in [-0.15, -0.1) is 24.0 Å². The van der Waals surface area contributed by atoms with E-state index in [1.807, 2.05) is 11.0 Å². The first-order valence-corrected chi connectivity index (χ1v) is 9.11. The lowest BCUT2D eigenvalue weighted by Gasteiger charge is -2.37. The van der Waals surface area contributed by atoms with E-state index in [2.05, 4.69) is 25.3 Å². The van der Waals surface area contributed by atoms with Crippen molar-refractivity contribution in [2.75, 3.05) is 52.9 Å². The van der Waals surface area contributed by atoms with E-state index < -0.39 is 0 Å². The Labute approximate surface area is 172 Å². The summed E-state index contributed by atoms with van der Waals surface area (Å²) in [5, 5.41) is 7.20. The summed E-state index contributed by atoms with van der Waals surface area (Å²) in [5.41, 5.74) is 0.854. The van der Waals surface area contributed by atoms with E-state index in [9.17, 15) is 4.79 Å². The van der Waals surface area contributed by atoms with E-state index in [4.69, 9.17) is 4.52 Å². The number of nitrogens with one attached hydrogen (secondary N) is 1. The molecule has 2 fully saturated rings. The van der Waals surface area contributed by atoms with Gasteiger partial charge in [-0.2, -0.15) is 0 Å². The zero-order valence-corrected chi connectivity index (χ0v) is 17.7. The van der Waals surface area contributed by atoms with Crippen molar-refractivity contribution < 1.29 is 9.32 Å². The Hall–Kier alpha value is -1.36. The van der Waals surface area contributed by atoms with Crippen LogP contribution in [0.25, 0.3) is 0 Å². The Morgan fingerprint density at radius 1 is 1.15 bits per heavy atom. The average Bonchev–Trinajstić information content (AvgIpc) is 3.18. The lowest BCUT2D eigenvalue weighted by atomic mass is 10.1. The second-order valence-corrected chi connectivity index (χ2v) is 6.60. The molecule has 2 aliphatic rings. The predicted molar refractivity (Wildman–Crippen MR) is 111 cm³/mol. The lowest BCUT2D eigenvalue weighted by Crippen LogP contribution is -2.54. The van der Waals surface area contributed by atoms with Gasteiger partial charge in [-0.25, -0.2) is 0 Å². The van der Waals surface area contributed by atoms with Crippen LogP contribution in [-0.4, -0.2) is 84.6 Å². The third-order valence-electron chi connectivity index (χ3n) is 4.87. The summed E-state index contributed by atoms with van der Waals surface area (Å²) in [5.74, 6) is 1.15. The molecule has 0 atom stereocenters. The first-order chi connectivity index (χ1) is 12.3. The quantitative estimate of drug-likeness (QED) is 0.397. The number of piperazine rings is 1. The van der Waals surface area contributed by atoms with Crippen molar-refractivity contribution in [3.05, 3.63) is 18.0 Å². The number of carbonyl (C=O) groups excluding carboxylic acids is 1. The molecule has 1 amide bonds. The standard InChI is InChI=1S/C17H28N6O2.HI/c1-18-17(19-13-15-5-12-25-20-15)23-10-8-21(9-11-23)14-16(24)22-6-3-2-4-7-22;/h5,12H,2-4,6-11,13-14H2,1H3,(H,18,19);1H. The molecule has 26 heavy (non-hydrogen) atoms. The first-order valence-electron chi connectivity index (χ1n) is 9.11. The van der Waals surface area contributed by atoms with Gasteiger partial charge in [0.15, 0.2) is 5.96 Å². The molecule has 0 unspecified atom stereocenters. The highest BCUT2D eigenvalue weighted by Crippen LogP contribution is 2.10. The van der Waals surface area contributed by atoms with E-state index in [1.54, 1.807) is 13.3 Å². The van der Waals surface area contributed by atoms with Crippen molar-refractivity contribution in [1.82, 2.24) is 25.2 Å². The molecule has 2 saturated heterocycles. The maximum Gasteiger partial charge on any atom is 0.236 e. The minimum absolute atomic E-state index is 0. The molecular weight excluding hydrogens is 447 g/mol. The van der Waals surface area contributed by atoms with Crippen LogP contribution < -0.4 is 5.32 Å². The van der Waals surface area contributed by atoms with Crippen LogP contribution in [0.3, 0.4) is 0 Å². The second kappa shape index (κ2) is 10.7. The summed E-state index contributed by atoms with van der Waals surface area (Å²) in [6, 6.07) is 1.84. The maximum absolute atomic E-state index is 12.4. The molecule has 8 nitrogen and oxygen atoms in total. The number of carbonyl (C=O) groups is 1. The van der Waals surface area contributed by atoms with Crippen LogP contribution in [0.15, 0.2) is 21.8 Å². The molecule has 0 bridgehead atoms. The number of guanidine groups is 1. The van der Waals surface area contributed by atoms with Gasteiger partial charge in [-0.3, -0.25) is 14.7 Å². The molecule has 9 heteroatoms. The smallest absolute Gasteiger partial charge is 0.236 e. The number of piperidine rings is 1. The van der Waals surface area contributed by atoms with Crippen LogP contribution in [0.2, 0.25) is 0 Å². The molecule has 0 spiro atoms. The van der Waals surface area contributed by atoms with Crippen LogP contribution in [0, 0.1) is 0 Å². The Bertz CT molecular complexity index is 566. The largest absolute Gasteiger partial charge is 0.364 e. The molecule has 0 aromatic carbocycles. The van der Waals surface area contributed by atoms with Gasteiger partial charge in [0.25, 0.3) is 0 Å². The highest BCUT2D eigenvalue weighted by Gasteiger charge is 2.24. The highest BCUT2D eigenvalue weighted by atomic mass is 127. The molecule has 0 saturated carbocycles. The topological polar surface area (TPSA) is 77.2 Å². The SMILES string of the molecule is CN=C(NCc1ccon1)N1CCN(CC(=O)N2CCCCC2)CC1.I. The van der Waals surface area contributed by atoms with Crippen LogP contribution in [0.5, 0.6) is 0 Å². The van der Waals surface area contributed by atoms with Gasteiger partial charge < -0.3 is 19.6 Å². The van der Waals surface area contributed by atoms with Gasteiger partial charge in [0.2, 0.25) is 5.91 Å². The monoisotopic (exact) mass is 476 g/mol. The molecular formula is C17H29IN6O2. The Morgan fingerprint density at radius 3 is 2.50 bits per heavy atom. The molecule has 0 radical (unpaired) electrons. The summed E-state index contributed by atoms with van der Waals surface area (Å²) in [7, 11) is 1.79. The molecule has 0 aliphatic carbocycles. The summed E-state index contributed by atoms with van der Waals surface area (Å²) in [4.78, 5) is 23.2. The highest BCUT2D eigenvalue weighted by molar-refractivity contribution is 14.0. The number of halogens is 1. The Morgan fingerprint density at radius 2 is 1.88 bits per heavy atom. The van der Waals surface area contributed by atoms with Crippen LogP contribution >= 0.6 is 24.0 Å². The van der Waals surface area contributed by atoms with Crippen molar-refractivity contribution in [2.24, 2.45) is 4.99 Å². The van der Waals surface area contributed by atoms with Gasteiger partial charge in [-0.05, 0) is 19.3 Å². The predicted octanol–water partition coefficient (Wildman–Crippen LogP) is 0.998. The number of rotatable bonds is 4. The van der Waals surface area contributed by atoms with Gasteiger partial charge in [0.1, 0.15) is 12.0 Å². The van der Waals surface area contributed by atoms with Crippen LogP contribution in [0.1, 0.15) is 25.0 Å². The fourth-order valence-corrected chi connectivity index (χ4v) is 3.38. The Kier molecular flexibility index (Phi) is 8.63. The molecule has 146 valence electrons. The molecule has 1 N–H and O–H groups in total. The van der Waals surface area contributed by atoms with Gasteiger partial charge in [0, 0.05) is 52.4 Å². The van der Waals surface area contributed by atoms with Gasteiger partial charge in [0.05, 0.1) is 13.1 Å². The fraction of sp³-hybridized carbons (Fsp3) is 0.706.